The predicted molar refractivity (Wildman–Crippen MR) is 87.3 cm³/mol. The van der Waals surface area contributed by atoms with Crippen molar-refractivity contribution in [3.8, 4) is 0 Å². The number of hydrogen-bond acceptors (Lipinski definition) is 4. The van der Waals surface area contributed by atoms with E-state index in [1.54, 1.807) is 11.3 Å². The molecule has 0 saturated heterocycles. The Labute approximate surface area is 127 Å². The number of hydrogen-bond donors (Lipinski definition) is 0. The Balaban J connectivity index is 1.92. The number of benzene rings is 1. The fraction of sp³-hybridized carbons (Fsp3) is 0.235. The van der Waals surface area contributed by atoms with Gasteiger partial charge in [-0.15, -0.1) is 11.3 Å². The van der Waals surface area contributed by atoms with Crippen molar-refractivity contribution in [2.24, 2.45) is 4.99 Å². The molecule has 0 N–H and O–H groups in total. The van der Waals surface area contributed by atoms with E-state index >= 15 is 0 Å². The fourth-order valence-electron chi connectivity index (χ4n) is 2.75. The van der Waals surface area contributed by atoms with Crippen molar-refractivity contribution in [3.63, 3.8) is 0 Å². The zero-order valence-corrected chi connectivity index (χ0v) is 12.8. The highest BCUT2D eigenvalue weighted by Gasteiger charge is 2.29. The first kappa shape index (κ1) is 12.7. The Bertz CT molecular complexity index is 861. The van der Waals surface area contributed by atoms with Gasteiger partial charge in [0.2, 0.25) is 0 Å². The summed E-state index contributed by atoms with van der Waals surface area (Å²) in [5, 5.41) is 2.13. The number of rotatable bonds is 1. The largest absolute Gasteiger partial charge is 0.276 e. The summed E-state index contributed by atoms with van der Waals surface area (Å²) in [7, 11) is 0. The van der Waals surface area contributed by atoms with Crippen LogP contribution in [-0.4, -0.2) is 21.2 Å². The second-order valence-electron chi connectivity index (χ2n) is 5.95. The fourth-order valence-corrected chi connectivity index (χ4v) is 3.85. The van der Waals surface area contributed by atoms with Crippen LogP contribution in [0, 0.1) is 0 Å². The summed E-state index contributed by atoms with van der Waals surface area (Å²) in [6, 6.07) is 10.1. The van der Waals surface area contributed by atoms with Crippen LogP contribution in [0.5, 0.6) is 0 Å². The maximum atomic E-state index is 4.93. The van der Waals surface area contributed by atoms with Crippen LogP contribution in [-0.2, 0) is 6.42 Å². The SMILES string of the molecule is CC1(C)Cc2sccc2C(c2cnc3ccccc3n2)=N1. The van der Waals surface area contributed by atoms with E-state index in [4.69, 9.17) is 9.98 Å². The molecule has 0 atom stereocenters. The summed E-state index contributed by atoms with van der Waals surface area (Å²) in [5.74, 6) is 0. The summed E-state index contributed by atoms with van der Waals surface area (Å²) in [5.41, 5.74) is 4.80. The van der Waals surface area contributed by atoms with Crippen LogP contribution in [0.15, 0.2) is 46.9 Å². The first-order valence-corrected chi connectivity index (χ1v) is 7.89. The van der Waals surface area contributed by atoms with Crippen LogP contribution in [0.3, 0.4) is 0 Å². The Morgan fingerprint density at radius 3 is 2.76 bits per heavy atom. The molecule has 1 aliphatic rings. The third kappa shape index (κ3) is 2.16. The lowest BCUT2D eigenvalue weighted by molar-refractivity contribution is 0.518. The minimum absolute atomic E-state index is 0.0828. The zero-order chi connectivity index (χ0) is 14.4. The minimum atomic E-state index is -0.0828. The highest BCUT2D eigenvalue weighted by molar-refractivity contribution is 7.10. The summed E-state index contributed by atoms with van der Waals surface area (Å²) < 4.78 is 0. The lowest BCUT2D eigenvalue weighted by Crippen LogP contribution is -2.28. The van der Waals surface area contributed by atoms with Gasteiger partial charge in [0.15, 0.2) is 0 Å². The number of aromatic nitrogens is 2. The molecule has 0 aliphatic carbocycles. The Hall–Kier alpha value is -2.07. The molecular weight excluding hydrogens is 278 g/mol. The van der Waals surface area contributed by atoms with Gasteiger partial charge in [-0.1, -0.05) is 12.1 Å². The van der Waals surface area contributed by atoms with Crippen LogP contribution >= 0.6 is 11.3 Å². The first-order valence-electron chi connectivity index (χ1n) is 7.01. The van der Waals surface area contributed by atoms with E-state index in [1.807, 2.05) is 30.5 Å². The van der Waals surface area contributed by atoms with Crippen LogP contribution in [0.25, 0.3) is 11.0 Å². The van der Waals surface area contributed by atoms with Gasteiger partial charge in [0, 0.05) is 16.9 Å². The lowest BCUT2D eigenvalue weighted by Gasteiger charge is -2.26. The standard InChI is InChI=1S/C17H15N3S/c1-17(2)9-15-11(7-8-21-15)16(20-17)14-10-18-12-5-3-4-6-13(12)19-14/h3-8,10H,9H2,1-2H3. The van der Waals surface area contributed by atoms with E-state index in [9.17, 15) is 0 Å². The van der Waals surface area contributed by atoms with Crippen molar-refractivity contribution in [1.82, 2.24) is 9.97 Å². The van der Waals surface area contributed by atoms with Crippen molar-refractivity contribution in [2.75, 3.05) is 0 Å². The lowest BCUT2D eigenvalue weighted by atomic mass is 9.92. The molecule has 104 valence electrons. The van der Waals surface area contributed by atoms with Crippen LogP contribution in [0.1, 0.15) is 30.0 Å². The quantitative estimate of drug-likeness (QED) is 0.683. The third-order valence-electron chi connectivity index (χ3n) is 3.70. The van der Waals surface area contributed by atoms with Crippen LogP contribution in [0.2, 0.25) is 0 Å². The van der Waals surface area contributed by atoms with E-state index in [2.05, 4.69) is 30.3 Å². The molecule has 0 saturated carbocycles. The topological polar surface area (TPSA) is 38.1 Å². The van der Waals surface area contributed by atoms with Gasteiger partial charge in [0.05, 0.1) is 28.5 Å². The van der Waals surface area contributed by atoms with E-state index in [0.29, 0.717) is 0 Å². The maximum Gasteiger partial charge on any atom is 0.108 e. The molecule has 4 heteroatoms. The molecule has 0 amide bonds. The van der Waals surface area contributed by atoms with Crippen LogP contribution < -0.4 is 0 Å². The van der Waals surface area contributed by atoms with Crippen molar-refractivity contribution in [2.45, 2.75) is 25.8 Å². The molecule has 2 aromatic heterocycles. The van der Waals surface area contributed by atoms with Gasteiger partial charge in [-0.05, 0) is 37.4 Å². The zero-order valence-electron chi connectivity index (χ0n) is 12.0. The highest BCUT2D eigenvalue weighted by atomic mass is 32.1. The van der Waals surface area contributed by atoms with Crippen molar-refractivity contribution < 1.29 is 0 Å². The molecule has 3 nitrogen and oxygen atoms in total. The molecule has 21 heavy (non-hydrogen) atoms. The molecule has 0 spiro atoms. The molecular formula is C17H15N3S. The average Bonchev–Trinajstić information content (AvgIpc) is 2.92. The Morgan fingerprint density at radius 2 is 1.90 bits per heavy atom. The summed E-state index contributed by atoms with van der Waals surface area (Å²) >= 11 is 1.80. The second kappa shape index (κ2) is 4.46. The van der Waals surface area contributed by atoms with Crippen molar-refractivity contribution >= 4 is 28.1 Å². The number of para-hydroxylation sites is 2. The molecule has 0 bridgehead atoms. The smallest absolute Gasteiger partial charge is 0.108 e. The molecule has 0 fully saturated rings. The van der Waals surface area contributed by atoms with Gasteiger partial charge in [0.25, 0.3) is 0 Å². The minimum Gasteiger partial charge on any atom is -0.276 e. The van der Waals surface area contributed by atoms with Gasteiger partial charge < -0.3 is 0 Å². The van der Waals surface area contributed by atoms with E-state index in [1.165, 1.54) is 10.4 Å². The van der Waals surface area contributed by atoms with E-state index in [0.717, 1.165) is 28.9 Å². The molecule has 0 radical (unpaired) electrons. The molecule has 3 aromatic rings. The van der Waals surface area contributed by atoms with Gasteiger partial charge in [-0.25, -0.2) is 4.98 Å². The van der Waals surface area contributed by atoms with Gasteiger partial charge in [-0.2, -0.15) is 0 Å². The molecule has 1 aliphatic heterocycles. The van der Waals surface area contributed by atoms with Crippen LogP contribution in [0.4, 0.5) is 0 Å². The predicted octanol–water partition coefficient (Wildman–Crippen LogP) is 3.86. The van der Waals surface area contributed by atoms with Gasteiger partial charge in [-0.3, -0.25) is 9.98 Å². The maximum absolute atomic E-state index is 4.93. The molecule has 1 aromatic carbocycles. The van der Waals surface area contributed by atoms with Gasteiger partial charge >= 0.3 is 0 Å². The number of thiophene rings is 1. The summed E-state index contributed by atoms with van der Waals surface area (Å²) in [6.45, 7) is 4.34. The van der Waals surface area contributed by atoms with E-state index < -0.39 is 0 Å². The Kier molecular flexibility index (Phi) is 2.69. The van der Waals surface area contributed by atoms with Crippen molar-refractivity contribution in [1.29, 1.82) is 0 Å². The second-order valence-corrected chi connectivity index (χ2v) is 6.95. The molecule has 3 heterocycles. The summed E-state index contributed by atoms with van der Waals surface area (Å²) in [6.07, 6.45) is 2.83. The third-order valence-corrected chi connectivity index (χ3v) is 4.62. The van der Waals surface area contributed by atoms with Gasteiger partial charge in [0.1, 0.15) is 5.69 Å². The Morgan fingerprint density at radius 1 is 1.10 bits per heavy atom. The molecule has 4 rings (SSSR count). The normalized spacial score (nSPS) is 16.6. The first-order chi connectivity index (χ1) is 10.1. The number of nitrogens with zero attached hydrogens (tertiary/aromatic N) is 3. The number of fused-ring (bicyclic) bond motifs is 2. The highest BCUT2D eigenvalue weighted by Crippen LogP contribution is 2.32. The number of aliphatic imine (C=N–C) groups is 1. The average molecular weight is 293 g/mol. The van der Waals surface area contributed by atoms with E-state index in [-0.39, 0.29) is 5.54 Å². The molecule has 0 unspecified atom stereocenters. The summed E-state index contributed by atoms with van der Waals surface area (Å²) in [4.78, 5) is 15.6. The van der Waals surface area contributed by atoms with Crippen molar-refractivity contribution in [3.05, 3.63) is 58.0 Å². The monoisotopic (exact) mass is 293 g/mol.